The van der Waals surface area contributed by atoms with Crippen LogP contribution in [0.3, 0.4) is 0 Å². The second-order valence-corrected chi connectivity index (χ2v) is 6.74. The molecule has 1 aromatic heterocycles. The maximum Gasteiger partial charge on any atom is 0.408 e. The van der Waals surface area contributed by atoms with E-state index in [2.05, 4.69) is 10.3 Å². The highest BCUT2D eigenvalue weighted by molar-refractivity contribution is 5.82. The van der Waals surface area contributed by atoms with E-state index < -0.39 is 11.7 Å². The fourth-order valence-electron chi connectivity index (χ4n) is 2.71. The number of hydrogen-bond acceptors (Lipinski definition) is 4. The van der Waals surface area contributed by atoms with Gasteiger partial charge < -0.3 is 15.0 Å². The number of hydrogen-bond donors (Lipinski definition) is 1. The van der Waals surface area contributed by atoms with Crippen LogP contribution in [0.25, 0.3) is 0 Å². The minimum Gasteiger partial charge on any atom is -0.444 e. The second kappa shape index (κ2) is 7.44. The maximum atomic E-state index is 12.5. The highest BCUT2D eigenvalue weighted by Crippen LogP contribution is 2.30. The molecule has 0 unspecified atom stereocenters. The van der Waals surface area contributed by atoms with Gasteiger partial charge in [-0.1, -0.05) is 6.07 Å². The molecule has 1 aromatic rings. The maximum absolute atomic E-state index is 12.5. The van der Waals surface area contributed by atoms with Gasteiger partial charge in [0.1, 0.15) is 12.1 Å². The van der Waals surface area contributed by atoms with Crippen LogP contribution >= 0.6 is 0 Å². The normalized spacial score (nSPS) is 18.4. The molecule has 2 heterocycles. The zero-order chi connectivity index (χ0) is 16.9. The van der Waals surface area contributed by atoms with Crippen molar-refractivity contribution in [3.05, 3.63) is 30.1 Å². The van der Waals surface area contributed by atoms with E-state index in [-0.39, 0.29) is 18.5 Å². The number of piperidine rings is 1. The van der Waals surface area contributed by atoms with Gasteiger partial charge in [0.2, 0.25) is 5.91 Å². The van der Waals surface area contributed by atoms with Gasteiger partial charge in [0, 0.05) is 18.9 Å². The van der Waals surface area contributed by atoms with E-state index in [1.54, 1.807) is 33.2 Å². The molecule has 0 spiro atoms. The van der Waals surface area contributed by atoms with Gasteiger partial charge in [-0.25, -0.2) is 4.79 Å². The molecular formula is C17H25N3O3. The molecule has 2 amide bonds. The first-order valence-electron chi connectivity index (χ1n) is 8.03. The lowest BCUT2D eigenvalue weighted by atomic mass is 9.96. The molecule has 23 heavy (non-hydrogen) atoms. The third kappa shape index (κ3) is 5.23. The van der Waals surface area contributed by atoms with Gasteiger partial charge in [0.25, 0.3) is 0 Å². The SMILES string of the molecule is CC(C)(C)OC(=O)NCC(=O)N1CCCC[C@@H]1c1cccnc1. The van der Waals surface area contributed by atoms with Crippen LogP contribution in [-0.2, 0) is 9.53 Å². The van der Waals surface area contributed by atoms with Crippen molar-refractivity contribution < 1.29 is 14.3 Å². The number of ether oxygens (including phenoxy) is 1. The van der Waals surface area contributed by atoms with Crippen LogP contribution in [0.2, 0.25) is 0 Å². The average Bonchev–Trinajstić information content (AvgIpc) is 2.52. The van der Waals surface area contributed by atoms with E-state index in [0.29, 0.717) is 6.54 Å². The Bertz CT molecular complexity index is 540. The molecule has 0 bridgehead atoms. The van der Waals surface area contributed by atoms with Gasteiger partial charge in [-0.3, -0.25) is 9.78 Å². The quantitative estimate of drug-likeness (QED) is 0.930. The molecule has 0 saturated carbocycles. The van der Waals surface area contributed by atoms with Crippen molar-refractivity contribution in [3.8, 4) is 0 Å². The molecule has 0 radical (unpaired) electrons. The van der Waals surface area contributed by atoms with Gasteiger partial charge in [0.05, 0.1) is 6.04 Å². The van der Waals surface area contributed by atoms with E-state index in [1.165, 1.54) is 0 Å². The molecule has 0 aliphatic carbocycles. The Labute approximate surface area is 137 Å². The summed E-state index contributed by atoms with van der Waals surface area (Å²) in [6, 6.07) is 3.90. The summed E-state index contributed by atoms with van der Waals surface area (Å²) in [7, 11) is 0. The Morgan fingerprint density at radius 3 is 2.83 bits per heavy atom. The fourth-order valence-corrected chi connectivity index (χ4v) is 2.71. The number of carbonyl (C=O) groups is 2. The number of nitrogens with zero attached hydrogens (tertiary/aromatic N) is 2. The van der Waals surface area contributed by atoms with Crippen LogP contribution in [0.1, 0.15) is 51.6 Å². The highest BCUT2D eigenvalue weighted by Gasteiger charge is 2.28. The van der Waals surface area contributed by atoms with Crippen molar-refractivity contribution in [3.63, 3.8) is 0 Å². The van der Waals surface area contributed by atoms with E-state index in [0.717, 1.165) is 24.8 Å². The van der Waals surface area contributed by atoms with Crippen molar-refractivity contribution in [2.45, 2.75) is 51.7 Å². The number of likely N-dealkylation sites (tertiary alicyclic amines) is 1. The van der Waals surface area contributed by atoms with E-state index in [9.17, 15) is 9.59 Å². The molecule has 6 nitrogen and oxygen atoms in total. The minimum absolute atomic E-state index is 0.0328. The summed E-state index contributed by atoms with van der Waals surface area (Å²) >= 11 is 0. The molecule has 126 valence electrons. The summed E-state index contributed by atoms with van der Waals surface area (Å²) in [6.07, 6.45) is 5.95. The average molecular weight is 319 g/mol. The number of nitrogens with one attached hydrogen (secondary N) is 1. The first-order valence-corrected chi connectivity index (χ1v) is 8.03. The van der Waals surface area contributed by atoms with Crippen molar-refractivity contribution in [1.29, 1.82) is 0 Å². The Kier molecular flexibility index (Phi) is 5.58. The van der Waals surface area contributed by atoms with Gasteiger partial charge in [-0.05, 0) is 51.7 Å². The monoisotopic (exact) mass is 319 g/mol. The zero-order valence-electron chi connectivity index (χ0n) is 14.0. The molecule has 2 rings (SSSR count). The number of rotatable bonds is 3. The molecule has 0 aromatic carbocycles. The molecule has 6 heteroatoms. The zero-order valence-corrected chi connectivity index (χ0v) is 14.0. The van der Waals surface area contributed by atoms with Crippen molar-refractivity contribution in [1.82, 2.24) is 15.2 Å². The molecule has 1 atom stereocenters. The highest BCUT2D eigenvalue weighted by atomic mass is 16.6. The first-order chi connectivity index (χ1) is 10.9. The van der Waals surface area contributed by atoms with Gasteiger partial charge in [0.15, 0.2) is 0 Å². The lowest BCUT2D eigenvalue weighted by Gasteiger charge is -2.36. The molecule has 1 aliphatic rings. The Balaban J connectivity index is 1.95. The van der Waals surface area contributed by atoms with Crippen molar-refractivity contribution in [2.24, 2.45) is 0 Å². The summed E-state index contributed by atoms with van der Waals surface area (Å²) in [5.74, 6) is -0.0931. The third-order valence-corrected chi connectivity index (χ3v) is 3.68. The van der Waals surface area contributed by atoms with Crippen molar-refractivity contribution >= 4 is 12.0 Å². The predicted octanol–water partition coefficient (Wildman–Crippen LogP) is 2.66. The lowest BCUT2D eigenvalue weighted by Crippen LogP contribution is -2.45. The Hall–Kier alpha value is -2.11. The number of amides is 2. The predicted molar refractivity (Wildman–Crippen MR) is 86.8 cm³/mol. The summed E-state index contributed by atoms with van der Waals surface area (Å²) in [5, 5.41) is 2.54. The van der Waals surface area contributed by atoms with Crippen LogP contribution in [-0.4, -0.2) is 40.6 Å². The van der Waals surface area contributed by atoms with Gasteiger partial charge in [-0.2, -0.15) is 0 Å². The Morgan fingerprint density at radius 2 is 2.17 bits per heavy atom. The second-order valence-electron chi connectivity index (χ2n) is 6.74. The smallest absolute Gasteiger partial charge is 0.408 e. The lowest BCUT2D eigenvalue weighted by molar-refractivity contribution is -0.134. The fraction of sp³-hybridized carbons (Fsp3) is 0.588. The summed E-state index contributed by atoms with van der Waals surface area (Å²) in [4.78, 5) is 30.1. The van der Waals surface area contributed by atoms with Crippen LogP contribution in [0.5, 0.6) is 0 Å². The largest absolute Gasteiger partial charge is 0.444 e. The van der Waals surface area contributed by atoms with Crippen molar-refractivity contribution in [2.75, 3.05) is 13.1 Å². The topological polar surface area (TPSA) is 71.5 Å². The number of aromatic nitrogens is 1. The van der Waals surface area contributed by atoms with Crippen LogP contribution < -0.4 is 5.32 Å². The number of carbonyl (C=O) groups excluding carboxylic acids is 2. The summed E-state index contributed by atoms with van der Waals surface area (Å²) in [5.41, 5.74) is 0.467. The van der Waals surface area contributed by atoms with Crippen LogP contribution in [0, 0.1) is 0 Å². The van der Waals surface area contributed by atoms with Crippen LogP contribution in [0.4, 0.5) is 4.79 Å². The Morgan fingerprint density at radius 1 is 1.39 bits per heavy atom. The first kappa shape index (κ1) is 17.2. The van der Waals surface area contributed by atoms with E-state index in [1.807, 2.05) is 17.0 Å². The number of pyridine rings is 1. The molecule has 1 N–H and O–H groups in total. The molecule has 1 aliphatic heterocycles. The third-order valence-electron chi connectivity index (χ3n) is 3.68. The minimum atomic E-state index is -0.573. The number of alkyl carbamates (subject to hydrolysis) is 1. The standard InChI is InChI=1S/C17H25N3O3/c1-17(2,3)23-16(22)19-12-15(21)20-10-5-4-8-14(20)13-7-6-9-18-11-13/h6-7,9,11,14H,4-5,8,10,12H2,1-3H3,(H,19,22)/t14-/m1/s1. The molecule has 1 fully saturated rings. The summed E-state index contributed by atoms with van der Waals surface area (Å²) < 4.78 is 5.16. The van der Waals surface area contributed by atoms with Gasteiger partial charge in [-0.15, -0.1) is 0 Å². The van der Waals surface area contributed by atoms with E-state index in [4.69, 9.17) is 4.74 Å². The summed E-state index contributed by atoms with van der Waals surface area (Å²) in [6.45, 7) is 6.02. The molecule has 1 saturated heterocycles. The van der Waals surface area contributed by atoms with E-state index >= 15 is 0 Å². The van der Waals surface area contributed by atoms with Gasteiger partial charge >= 0.3 is 6.09 Å². The van der Waals surface area contributed by atoms with Crippen LogP contribution in [0.15, 0.2) is 24.5 Å². The molecular weight excluding hydrogens is 294 g/mol.